The minimum absolute atomic E-state index is 0.120. The van der Waals surface area contributed by atoms with Crippen LogP contribution in [0.4, 0.5) is 5.82 Å². The standard InChI is InChI=1S/C15H18N4O2S/c1-4-9-5-10-13(16-7-17-14(10)22-9)18-11-6-12(20)19(8(2)3)15(11)21/h5,7-8,11H,4,6H2,1-3H3,(H,16,17,18). The Bertz CT molecular complexity index is 740. The third kappa shape index (κ3) is 2.45. The van der Waals surface area contributed by atoms with Crippen molar-refractivity contribution in [1.29, 1.82) is 0 Å². The lowest BCUT2D eigenvalue weighted by Gasteiger charge is -2.19. The zero-order valence-electron chi connectivity index (χ0n) is 12.8. The molecule has 1 N–H and O–H groups in total. The Morgan fingerprint density at radius 3 is 2.82 bits per heavy atom. The summed E-state index contributed by atoms with van der Waals surface area (Å²) in [4.78, 5) is 36.3. The van der Waals surface area contributed by atoms with Crippen molar-refractivity contribution in [2.24, 2.45) is 0 Å². The highest BCUT2D eigenvalue weighted by Crippen LogP contribution is 2.30. The molecule has 116 valence electrons. The molecule has 0 aromatic carbocycles. The molecular formula is C15H18N4O2S. The van der Waals surface area contributed by atoms with Gasteiger partial charge in [0.2, 0.25) is 5.91 Å². The highest BCUT2D eigenvalue weighted by atomic mass is 32.1. The zero-order chi connectivity index (χ0) is 15.9. The van der Waals surface area contributed by atoms with E-state index in [0.29, 0.717) is 5.82 Å². The number of thiophene rings is 1. The van der Waals surface area contributed by atoms with E-state index >= 15 is 0 Å². The Morgan fingerprint density at radius 2 is 2.18 bits per heavy atom. The summed E-state index contributed by atoms with van der Waals surface area (Å²) in [5.41, 5.74) is 0. The summed E-state index contributed by atoms with van der Waals surface area (Å²) in [5, 5.41) is 4.04. The van der Waals surface area contributed by atoms with Crippen molar-refractivity contribution < 1.29 is 9.59 Å². The lowest BCUT2D eigenvalue weighted by atomic mass is 10.2. The molecule has 0 aliphatic carbocycles. The van der Waals surface area contributed by atoms with E-state index in [2.05, 4.69) is 22.2 Å². The van der Waals surface area contributed by atoms with E-state index in [4.69, 9.17) is 0 Å². The van der Waals surface area contributed by atoms with Crippen LogP contribution < -0.4 is 5.32 Å². The van der Waals surface area contributed by atoms with E-state index in [1.807, 2.05) is 19.9 Å². The lowest BCUT2D eigenvalue weighted by molar-refractivity contribution is -0.140. The summed E-state index contributed by atoms with van der Waals surface area (Å²) in [6.07, 6.45) is 2.60. The maximum atomic E-state index is 12.4. The molecule has 0 spiro atoms. The SMILES string of the molecule is CCc1cc2c(NC3CC(=O)N(C(C)C)C3=O)ncnc2s1. The number of hydrogen-bond donors (Lipinski definition) is 1. The number of amides is 2. The molecule has 6 nitrogen and oxygen atoms in total. The molecule has 0 saturated carbocycles. The highest BCUT2D eigenvalue weighted by molar-refractivity contribution is 7.18. The van der Waals surface area contributed by atoms with Crippen LogP contribution in [0.1, 0.15) is 32.1 Å². The predicted octanol–water partition coefficient (Wildman–Crippen LogP) is 2.20. The molecule has 1 aliphatic rings. The van der Waals surface area contributed by atoms with Gasteiger partial charge in [-0.25, -0.2) is 9.97 Å². The van der Waals surface area contributed by atoms with Crippen LogP contribution >= 0.6 is 11.3 Å². The normalized spacial score (nSPS) is 18.7. The molecule has 3 rings (SSSR count). The molecule has 2 aromatic rings. The first-order valence-electron chi connectivity index (χ1n) is 7.37. The van der Waals surface area contributed by atoms with Crippen molar-refractivity contribution in [1.82, 2.24) is 14.9 Å². The number of carbonyl (C=O) groups is 2. The Kier molecular flexibility index (Phi) is 3.82. The lowest BCUT2D eigenvalue weighted by Crippen LogP contribution is -2.39. The fourth-order valence-corrected chi connectivity index (χ4v) is 3.60. The highest BCUT2D eigenvalue weighted by Gasteiger charge is 2.40. The van der Waals surface area contributed by atoms with Crippen LogP contribution in [0.5, 0.6) is 0 Å². The van der Waals surface area contributed by atoms with Crippen molar-refractivity contribution in [2.45, 2.75) is 45.7 Å². The summed E-state index contributed by atoms with van der Waals surface area (Å²) in [7, 11) is 0. The number of carbonyl (C=O) groups excluding carboxylic acids is 2. The Hall–Kier alpha value is -2.02. The van der Waals surface area contributed by atoms with Crippen molar-refractivity contribution in [3.05, 3.63) is 17.3 Å². The van der Waals surface area contributed by atoms with Crippen LogP contribution in [0.15, 0.2) is 12.4 Å². The van der Waals surface area contributed by atoms with Crippen molar-refractivity contribution in [2.75, 3.05) is 5.32 Å². The number of aromatic nitrogens is 2. The number of imide groups is 1. The maximum absolute atomic E-state index is 12.4. The summed E-state index contributed by atoms with van der Waals surface area (Å²) in [6, 6.07) is 1.38. The quantitative estimate of drug-likeness (QED) is 0.875. The van der Waals surface area contributed by atoms with Crippen molar-refractivity contribution >= 4 is 39.2 Å². The first-order valence-corrected chi connectivity index (χ1v) is 8.18. The topological polar surface area (TPSA) is 75.2 Å². The van der Waals surface area contributed by atoms with Gasteiger partial charge in [-0.1, -0.05) is 6.92 Å². The van der Waals surface area contributed by atoms with E-state index in [1.165, 1.54) is 16.1 Å². The van der Waals surface area contributed by atoms with Gasteiger partial charge in [0.1, 0.15) is 23.0 Å². The fraction of sp³-hybridized carbons (Fsp3) is 0.467. The summed E-state index contributed by atoms with van der Waals surface area (Å²) >= 11 is 1.62. The number of fused-ring (bicyclic) bond motifs is 1. The molecule has 1 saturated heterocycles. The predicted molar refractivity (Wildman–Crippen MR) is 85.8 cm³/mol. The molecule has 0 bridgehead atoms. The first kappa shape index (κ1) is 14.9. The Labute approximate surface area is 132 Å². The van der Waals surface area contributed by atoms with Gasteiger partial charge in [-0.2, -0.15) is 0 Å². The average Bonchev–Trinajstić information content (AvgIpc) is 3.01. The monoisotopic (exact) mass is 318 g/mol. The first-order chi connectivity index (χ1) is 10.5. The Balaban J connectivity index is 1.89. The zero-order valence-corrected chi connectivity index (χ0v) is 13.6. The minimum Gasteiger partial charge on any atom is -0.357 e. The van der Waals surface area contributed by atoms with E-state index in [9.17, 15) is 9.59 Å². The molecule has 22 heavy (non-hydrogen) atoms. The van der Waals surface area contributed by atoms with Gasteiger partial charge < -0.3 is 5.32 Å². The van der Waals surface area contributed by atoms with Crippen LogP contribution in [0.2, 0.25) is 0 Å². The van der Waals surface area contributed by atoms with Gasteiger partial charge >= 0.3 is 0 Å². The fourth-order valence-electron chi connectivity index (χ4n) is 2.67. The van der Waals surface area contributed by atoms with Gasteiger partial charge in [-0.3, -0.25) is 14.5 Å². The Morgan fingerprint density at radius 1 is 1.41 bits per heavy atom. The van der Waals surface area contributed by atoms with Crippen LogP contribution in [-0.4, -0.2) is 38.8 Å². The van der Waals surface area contributed by atoms with Gasteiger partial charge in [0.25, 0.3) is 5.91 Å². The molecule has 1 atom stereocenters. The third-order valence-electron chi connectivity index (χ3n) is 3.74. The number of anilines is 1. The second kappa shape index (κ2) is 5.64. The number of aryl methyl sites for hydroxylation is 1. The van der Waals surface area contributed by atoms with E-state index in [-0.39, 0.29) is 24.3 Å². The van der Waals surface area contributed by atoms with Crippen molar-refractivity contribution in [3.8, 4) is 0 Å². The summed E-state index contributed by atoms with van der Waals surface area (Å²) < 4.78 is 0. The molecule has 7 heteroatoms. The molecule has 2 aromatic heterocycles. The number of nitrogens with one attached hydrogen (secondary N) is 1. The van der Waals surface area contributed by atoms with E-state index < -0.39 is 6.04 Å². The van der Waals surface area contributed by atoms with Gasteiger partial charge in [0, 0.05) is 10.9 Å². The molecule has 3 heterocycles. The smallest absolute Gasteiger partial charge is 0.252 e. The van der Waals surface area contributed by atoms with Gasteiger partial charge in [0.05, 0.1) is 11.8 Å². The van der Waals surface area contributed by atoms with E-state index in [0.717, 1.165) is 16.6 Å². The molecule has 2 amide bonds. The van der Waals surface area contributed by atoms with Crippen LogP contribution in [0, 0.1) is 0 Å². The van der Waals surface area contributed by atoms with Crippen LogP contribution in [0.25, 0.3) is 10.2 Å². The average molecular weight is 318 g/mol. The molecular weight excluding hydrogens is 300 g/mol. The summed E-state index contributed by atoms with van der Waals surface area (Å²) in [5.74, 6) is 0.303. The van der Waals surface area contributed by atoms with Gasteiger partial charge in [-0.05, 0) is 26.3 Å². The molecule has 1 fully saturated rings. The number of rotatable bonds is 4. The molecule has 1 aliphatic heterocycles. The molecule has 1 unspecified atom stereocenters. The van der Waals surface area contributed by atoms with E-state index in [1.54, 1.807) is 11.3 Å². The maximum Gasteiger partial charge on any atom is 0.252 e. The van der Waals surface area contributed by atoms with Crippen LogP contribution in [-0.2, 0) is 16.0 Å². The largest absolute Gasteiger partial charge is 0.357 e. The second-order valence-electron chi connectivity index (χ2n) is 5.60. The number of nitrogens with zero attached hydrogens (tertiary/aromatic N) is 3. The minimum atomic E-state index is -0.544. The third-order valence-corrected chi connectivity index (χ3v) is 4.93. The molecule has 0 radical (unpaired) electrons. The number of likely N-dealkylation sites (tertiary alicyclic amines) is 1. The van der Waals surface area contributed by atoms with Gasteiger partial charge in [0.15, 0.2) is 0 Å². The van der Waals surface area contributed by atoms with Gasteiger partial charge in [-0.15, -0.1) is 11.3 Å². The van der Waals surface area contributed by atoms with Crippen molar-refractivity contribution in [3.63, 3.8) is 0 Å². The van der Waals surface area contributed by atoms with Crippen LogP contribution in [0.3, 0.4) is 0 Å². The summed E-state index contributed by atoms with van der Waals surface area (Å²) in [6.45, 7) is 5.77. The second-order valence-corrected chi connectivity index (χ2v) is 6.72. The number of hydrogen-bond acceptors (Lipinski definition) is 6.